The van der Waals surface area contributed by atoms with Crippen LogP contribution in [0.1, 0.15) is 63.8 Å². The molecule has 3 rings (SSSR count). The third-order valence-corrected chi connectivity index (χ3v) is 8.79. The molecular formula is C36H51O7P. The summed E-state index contributed by atoms with van der Waals surface area (Å²) < 4.78 is 41.9. The second-order valence-electron chi connectivity index (χ2n) is 12.8. The first kappa shape index (κ1) is 35.8. The van der Waals surface area contributed by atoms with Gasteiger partial charge in [-0.15, -0.1) is 0 Å². The van der Waals surface area contributed by atoms with Gasteiger partial charge in [-0.25, -0.2) is 0 Å². The summed E-state index contributed by atoms with van der Waals surface area (Å²) in [4.78, 5) is 0. The lowest BCUT2D eigenvalue weighted by atomic mass is 9.85. The maximum absolute atomic E-state index is 6.99. The Morgan fingerprint density at radius 2 is 1.02 bits per heavy atom. The molecule has 0 spiro atoms. The van der Waals surface area contributed by atoms with E-state index in [1.165, 1.54) is 0 Å². The van der Waals surface area contributed by atoms with Crippen molar-refractivity contribution in [3.8, 4) is 17.2 Å². The molecule has 0 aliphatic rings. The Labute approximate surface area is 265 Å². The monoisotopic (exact) mass is 626 g/mol. The van der Waals surface area contributed by atoms with Crippen molar-refractivity contribution in [1.29, 1.82) is 0 Å². The topological polar surface area (TPSA) is 64.6 Å². The fourth-order valence-electron chi connectivity index (χ4n) is 4.65. The van der Waals surface area contributed by atoms with Crippen LogP contribution in [0.4, 0.5) is 0 Å². The summed E-state index contributed by atoms with van der Waals surface area (Å²) in [6, 6.07) is 18.7. The van der Waals surface area contributed by atoms with Gasteiger partial charge in [0.2, 0.25) is 0 Å². The Morgan fingerprint density at radius 1 is 0.591 bits per heavy atom. The summed E-state index contributed by atoms with van der Waals surface area (Å²) >= 11 is 0. The quantitative estimate of drug-likeness (QED) is 0.0938. The van der Waals surface area contributed by atoms with Crippen molar-refractivity contribution >= 4 is 18.8 Å². The molecular weight excluding hydrogens is 575 g/mol. The molecule has 0 fully saturated rings. The summed E-state index contributed by atoms with van der Waals surface area (Å²) in [7, 11) is 1.82. The van der Waals surface area contributed by atoms with Gasteiger partial charge in [0.25, 0.3) is 0 Å². The number of methoxy groups -OCH3 is 2. The number of benzene rings is 3. The molecule has 7 nitrogen and oxygen atoms in total. The molecule has 3 aromatic carbocycles. The third-order valence-electron chi connectivity index (χ3n) is 6.86. The zero-order chi connectivity index (χ0) is 32.3. The van der Waals surface area contributed by atoms with Crippen LogP contribution in [0.2, 0.25) is 0 Å². The highest BCUT2D eigenvalue weighted by molar-refractivity contribution is 7.69. The first-order chi connectivity index (χ1) is 20.9. The van der Waals surface area contributed by atoms with Crippen LogP contribution < -0.4 is 24.6 Å². The molecule has 0 saturated carbocycles. The van der Waals surface area contributed by atoms with E-state index < -0.39 is 8.15 Å². The smallest absolute Gasteiger partial charge is 0.189 e. The van der Waals surface area contributed by atoms with E-state index in [4.69, 9.17) is 32.9 Å². The lowest BCUT2D eigenvalue weighted by molar-refractivity contribution is -0.00874. The summed E-state index contributed by atoms with van der Waals surface area (Å²) in [6.45, 7) is 19.4. The predicted molar refractivity (Wildman–Crippen MR) is 180 cm³/mol. The van der Waals surface area contributed by atoms with E-state index in [0.29, 0.717) is 26.4 Å². The van der Waals surface area contributed by atoms with Gasteiger partial charge < -0.3 is 32.9 Å². The molecule has 242 valence electrons. The summed E-state index contributed by atoms with van der Waals surface area (Å²) in [5, 5.41) is 1.92. The van der Waals surface area contributed by atoms with Gasteiger partial charge in [0.1, 0.15) is 17.2 Å². The molecule has 44 heavy (non-hydrogen) atoms. The molecule has 0 radical (unpaired) electrons. The second kappa shape index (κ2) is 16.6. The second-order valence-corrected chi connectivity index (χ2v) is 14.6. The molecule has 0 unspecified atom stereocenters. The van der Waals surface area contributed by atoms with Gasteiger partial charge in [0.15, 0.2) is 21.7 Å². The maximum atomic E-state index is 6.99. The van der Waals surface area contributed by atoms with Crippen LogP contribution in [-0.2, 0) is 29.8 Å². The summed E-state index contributed by atoms with van der Waals surface area (Å²) in [5.74, 6) is 2.30. The van der Waals surface area contributed by atoms with Crippen molar-refractivity contribution in [2.24, 2.45) is 0 Å². The number of para-hydroxylation sites is 1. The van der Waals surface area contributed by atoms with Crippen molar-refractivity contribution < 1.29 is 32.9 Å². The molecule has 0 amide bonds. The lowest BCUT2D eigenvalue weighted by Crippen LogP contribution is -2.27. The number of ether oxygens (including phenoxy) is 6. The fraction of sp³-hybridized carbons (Fsp3) is 0.500. The first-order valence-corrected chi connectivity index (χ1v) is 16.3. The highest BCUT2D eigenvalue weighted by Crippen LogP contribution is 2.47. The number of rotatable bonds is 16. The molecule has 0 heterocycles. The van der Waals surface area contributed by atoms with Crippen LogP contribution in [0, 0.1) is 13.8 Å². The minimum atomic E-state index is -1.49. The van der Waals surface area contributed by atoms with Gasteiger partial charge in [0, 0.05) is 25.3 Å². The van der Waals surface area contributed by atoms with E-state index in [-0.39, 0.29) is 24.4 Å². The normalized spacial score (nSPS) is 12.1. The average Bonchev–Trinajstić information content (AvgIpc) is 2.96. The Balaban J connectivity index is 2.28. The van der Waals surface area contributed by atoms with Crippen molar-refractivity contribution in [1.82, 2.24) is 0 Å². The van der Waals surface area contributed by atoms with Gasteiger partial charge in [-0.3, -0.25) is 0 Å². The van der Waals surface area contributed by atoms with Crippen molar-refractivity contribution in [3.05, 3.63) is 76.9 Å². The Bertz CT molecular complexity index is 1230. The van der Waals surface area contributed by atoms with Crippen molar-refractivity contribution in [3.63, 3.8) is 0 Å². The van der Waals surface area contributed by atoms with E-state index in [0.717, 1.165) is 50.1 Å². The molecule has 0 saturated heterocycles. The SMILES string of the molecule is COCCOCOc1c(P(Oc2ccccc2)c2cc(C)cc(C(C)(C)C)c2OCOCCOC)cc(C)cc1C(C)(C)C. The van der Waals surface area contributed by atoms with Crippen LogP contribution >= 0.6 is 8.15 Å². The van der Waals surface area contributed by atoms with Gasteiger partial charge in [-0.05, 0) is 60.1 Å². The Hall–Kier alpha value is -2.67. The maximum Gasteiger partial charge on any atom is 0.189 e. The minimum Gasteiger partial charge on any atom is -0.466 e. The largest absolute Gasteiger partial charge is 0.466 e. The van der Waals surface area contributed by atoms with Crippen LogP contribution in [0.5, 0.6) is 17.2 Å². The molecule has 0 aliphatic heterocycles. The Morgan fingerprint density at radius 3 is 1.41 bits per heavy atom. The van der Waals surface area contributed by atoms with Crippen LogP contribution in [0.3, 0.4) is 0 Å². The van der Waals surface area contributed by atoms with Crippen LogP contribution in [0.25, 0.3) is 0 Å². The highest BCUT2D eigenvalue weighted by atomic mass is 31.1. The van der Waals surface area contributed by atoms with E-state index >= 15 is 0 Å². The standard InChI is InChI=1S/C36H51O7P/c1-26-20-29(35(3,4)5)33(41-24-39-18-16-37-9)31(22-26)44(43-28-14-12-11-13-15-28)32-23-27(2)21-30(36(6,7)8)34(32)42-25-40-19-17-38-10/h11-15,20-23H,16-19,24-25H2,1-10H3. The number of hydrogen-bond donors (Lipinski definition) is 0. The van der Waals surface area contributed by atoms with Gasteiger partial charge in [-0.2, -0.15) is 0 Å². The molecule has 0 atom stereocenters. The van der Waals surface area contributed by atoms with E-state index in [9.17, 15) is 0 Å². The first-order valence-electron chi connectivity index (χ1n) is 15.1. The van der Waals surface area contributed by atoms with E-state index in [2.05, 4.69) is 79.7 Å². The minimum absolute atomic E-state index is 0.0920. The molecule has 8 heteroatoms. The fourth-order valence-corrected chi connectivity index (χ4v) is 6.82. The average molecular weight is 627 g/mol. The molecule has 0 aromatic heterocycles. The predicted octanol–water partition coefficient (Wildman–Crippen LogP) is 7.32. The highest BCUT2D eigenvalue weighted by Gasteiger charge is 2.33. The zero-order valence-electron chi connectivity index (χ0n) is 28.2. The van der Waals surface area contributed by atoms with Crippen LogP contribution in [0.15, 0.2) is 54.6 Å². The number of aryl methyl sites for hydroxylation is 2. The molecule has 0 aliphatic carbocycles. The van der Waals surface area contributed by atoms with E-state index in [1.54, 1.807) is 14.2 Å². The van der Waals surface area contributed by atoms with Crippen molar-refractivity contribution in [2.75, 3.05) is 54.2 Å². The summed E-state index contributed by atoms with van der Waals surface area (Å²) in [6.07, 6.45) is 0. The molecule has 0 bridgehead atoms. The molecule has 0 N–H and O–H groups in total. The van der Waals surface area contributed by atoms with E-state index in [1.807, 2.05) is 30.3 Å². The van der Waals surface area contributed by atoms with Gasteiger partial charge in [-0.1, -0.05) is 71.9 Å². The van der Waals surface area contributed by atoms with Crippen LogP contribution in [-0.4, -0.2) is 54.2 Å². The number of hydrogen-bond acceptors (Lipinski definition) is 7. The zero-order valence-corrected chi connectivity index (χ0v) is 29.1. The third kappa shape index (κ3) is 10.2. The molecule has 3 aromatic rings. The van der Waals surface area contributed by atoms with Gasteiger partial charge >= 0.3 is 0 Å². The summed E-state index contributed by atoms with van der Waals surface area (Å²) in [5.41, 5.74) is 4.01. The lowest BCUT2D eigenvalue weighted by Gasteiger charge is -2.31. The van der Waals surface area contributed by atoms with Crippen molar-refractivity contribution in [2.45, 2.75) is 66.2 Å². The Kier molecular flexibility index (Phi) is 13.5. The van der Waals surface area contributed by atoms with Gasteiger partial charge in [0.05, 0.1) is 37.0 Å².